The van der Waals surface area contributed by atoms with Gasteiger partial charge in [0.1, 0.15) is 17.5 Å². The Hall–Kier alpha value is -1.32. The molecule has 1 aliphatic rings. The summed E-state index contributed by atoms with van der Waals surface area (Å²) in [6.45, 7) is 10.7. The molecule has 118 valence electrons. The molecule has 1 fully saturated rings. The first-order chi connectivity index (χ1) is 10.1. The van der Waals surface area contributed by atoms with Crippen molar-refractivity contribution in [2.24, 2.45) is 5.41 Å². The van der Waals surface area contributed by atoms with Crippen LogP contribution in [0.15, 0.2) is 0 Å². The van der Waals surface area contributed by atoms with Gasteiger partial charge in [-0.2, -0.15) is 0 Å². The zero-order valence-corrected chi connectivity index (χ0v) is 14.1. The van der Waals surface area contributed by atoms with Gasteiger partial charge in [-0.3, -0.25) is 0 Å². The minimum atomic E-state index is 0.431. The van der Waals surface area contributed by atoms with Gasteiger partial charge in [0, 0.05) is 25.1 Å². The van der Waals surface area contributed by atoms with Crippen LogP contribution in [0, 0.1) is 12.3 Å². The summed E-state index contributed by atoms with van der Waals surface area (Å²) in [4.78, 5) is 9.38. The van der Waals surface area contributed by atoms with Crippen LogP contribution in [0.5, 0.6) is 0 Å². The van der Waals surface area contributed by atoms with Crippen molar-refractivity contribution < 1.29 is 0 Å². The summed E-state index contributed by atoms with van der Waals surface area (Å²) >= 11 is 0. The van der Waals surface area contributed by atoms with Gasteiger partial charge in [0.05, 0.1) is 0 Å². The van der Waals surface area contributed by atoms with Gasteiger partial charge in [-0.1, -0.05) is 26.7 Å². The topological polar surface area (TPSA) is 49.8 Å². The van der Waals surface area contributed by atoms with Crippen LogP contribution in [-0.2, 0) is 6.42 Å². The summed E-state index contributed by atoms with van der Waals surface area (Å²) in [5.74, 6) is 2.94. The van der Waals surface area contributed by atoms with E-state index in [0.29, 0.717) is 5.41 Å². The molecule has 4 heteroatoms. The number of hydrogen-bond acceptors (Lipinski definition) is 4. The molecule has 0 aromatic carbocycles. The van der Waals surface area contributed by atoms with E-state index in [0.717, 1.165) is 49.0 Å². The van der Waals surface area contributed by atoms with Gasteiger partial charge in [0.2, 0.25) is 0 Å². The third-order valence-electron chi connectivity index (χ3n) is 4.50. The van der Waals surface area contributed by atoms with Gasteiger partial charge in [-0.05, 0) is 38.5 Å². The largest absolute Gasteiger partial charge is 0.370 e. The van der Waals surface area contributed by atoms with Crippen LogP contribution in [0.2, 0.25) is 0 Å². The second-order valence-corrected chi connectivity index (χ2v) is 6.61. The Bertz CT molecular complexity index is 464. The number of hydrogen-bond donors (Lipinski definition) is 2. The van der Waals surface area contributed by atoms with Gasteiger partial charge in [0.15, 0.2) is 0 Å². The lowest BCUT2D eigenvalue weighted by Gasteiger charge is -2.25. The molecule has 2 rings (SSSR count). The van der Waals surface area contributed by atoms with E-state index in [-0.39, 0.29) is 0 Å². The number of aryl methyl sites for hydroxylation is 1. The van der Waals surface area contributed by atoms with Crippen molar-refractivity contribution in [3.8, 4) is 0 Å². The van der Waals surface area contributed by atoms with Crippen molar-refractivity contribution in [3.63, 3.8) is 0 Å². The van der Waals surface area contributed by atoms with E-state index in [1.54, 1.807) is 0 Å². The maximum atomic E-state index is 4.73. The third kappa shape index (κ3) is 4.08. The fourth-order valence-corrected chi connectivity index (χ4v) is 3.11. The molecule has 0 amide bonds. The molecular weight excluding hydrogens is 260 g/mol. The Morgan fingerprint density at radius 1 is 1.05 bits per heavy atom. The van der Waals surface area contributed by atoms with Gasteiger partial charge in [0.25, 0.3) is 0 Å². The molecular formula is C17H30N4. The maximum absolute atomic E-state index is 4.73. The fourth-order valence-electron chi connectivity index (χ4n) is 3.11. The lowest BCUT2D eigenvalue weighted by Crippen LogP contribution is -2.24. The molecule has 1 aliphatic carbocycles. The predicted molar refractivity (Wildman–Crippen MR) is 90.0 cm³/mol. The van der Waals surface area contributed by atoms with Crippen molar-refractivity contribution >= 4 is 11.6 Å². The quantitative estimate of drug-likeness (QED) is 0.791. The number of nitrogens with zero attached hydrogens (tertiary/aromatic N) is 2. The van der Waals surface area contributed by atoms with Crippen molar-refractivity contribution in [2.75, 3.05) is 23.7 Å². The second-order valence-electron chi connectivity index (χ2n) is 6.61. The molecule has 0 unspecified atom stereocenters. The normalized spacial score (nSPS) is 17.0. The van der Waals surface area contributed by atoms with E-state index in [1.165, 1.54) is 25.7 Å². The highest BCUT2D eigenvalue weighted by atomic mass is 15.1. The molecule has 0 atom stereocenters. The van der Waals surface area contributed by atoms with Crippen molar-refractivity contribution in [1.29, 1.82) is 0 Å². The summed E-state index contributed by atoms with van der Waals surface area (Å²) < 4.78 is 0. The number of rotatable bonds is 7. The van der Waals surface area contributed by atoms with Gasteiger partial charge >= 0.3 is 0 Å². The number of aromatic nitrogens is 2. The molecule has 2 N–H and O–H groups in total. The average molecular weight is 290 g/mol. The Kier molecular flexibility index (Phi) is 5.43. The minimum Gasteiger partial charge on any atom is -0.370 e. The van der Waals surface area contributed by atoms with E-state index < -0.39 is 0 Å². The molecule has 4 nitrogen and oxygen atoms in total. The van der Waals surface area contributed by atoms with Crippen LogP contribution in [0.4, 0.5) is 11.6 Å². The monoisotopic (exact) mass is 290 g/mol. The molecule has 0 radical (unpaired) electrons. The Morgan fingerprint density at radius 3 is 2.24 bits per heavy atom. The summed E-state index contributed by atoms with van der Waals surface area (Å²) in [5.41, 5.74) is 1.57. The maximum Gasteiger partial charge on any atom is 0.134 e. The molecule has 0 bridgehead atoms. The smallest absolute Gasteiger partial charge is 0.134 e. The first-order valence-electron chi connectivity index (χ1n) is 8.43. The van der Waals surface area contributed by atoms with Crippen LogP contribution in [0.3, 0.4) is 0 Å². The SMILES string of the molecule is CCCc1nc(NCC)c(C)c(NCC2(C)CCCC2)n1. The fraction of sp³-hybridized carbons (Fsp3) is 0.765. The van der Waals surface area contributed by atoms with Gasteiger partial charge in [-0.25, -0.2) is 9.97 Å². The Balaban J connectivity index is 2.15. The van der Waals surface area contributed by atoms with Crippen LogP contribution < -0.4 is 10.6 Å². The summed E-state index contributed by atoms with van der Waals surface area (Å²) in [7, 11) is 0. The molecule has 1 saturated carbocycles. The van der Waals surface area contributed by atoms with Crippen LogP contribution in [0.25, 0.3) is 0 Å². The molecule has 1 heterocycles. The Labute approximate surface area is 129 Å². The standard InChI is InChI=1S/C17H30N4/c1-5-9-14-20-15(18-6-2)13(3)16(21-14)19-12-17(4)10-7-8-11-17/h5-12H2,1-4H3,(H2,18,19,20,21). The molecule has 1 aromatic rings. The van der Waals surface area contributed by atoms with E-state index in [9.17, 15) is 0 Å². The summed E-state index contributed by atoms with van der Waals surface area (Å²) in [6, 6.07) is 0. The third-order valence-corrected chi connectivity index (χ3v) is 4.50. The van der Waals surface area contributed by atoms with Crippen molar-refractivity contribution in [1.82, 2.24) is 9.97 Å². The number of anilines is 2. The van der Waals surface area contributed by atoms with Gasteiger partial charge < -0.3 is 10.6 Å². The van der Waals surface area contributed by atoms with E-state index in [4.69, 9.17) is 4.98 Å². The van der Waals surface area contributed by atoms with E-state index in [2.05, 4.69) is 43.3 Å². The Morgan fingerprint density at radius 2 is 1.67 bits per heavy atom. The first kappa shape index (κ1) is 16.1. The molecule has 1 aromatic heterocycles. The molecule has 0 saturated heterocycles. The predicted octanol–water partition coefficient (Wildman–Crippen LogP) is 4.16. The van der Waals surface area contributed by atoms with Crippen LogP contribution >= 0.6 is 0 Å². The van der Waals surface area contributed by atoms with Crippen molar-refractivity contribution in [3.05, 3.63) is 11.4 Å². The lowest BCUT2D eigenvalue weighted by atomic mass is 9.89. The van der Waals surface area contributed by atoms with Crippen LogP contribution in [0.1, 0.15) is 64.3 Å². The molecule has 0 aliphatic heterocycles. The van der Waals surface area contributed by atoms with E-state index >= 15 is 0 Å². The highest BCUT2D eigenvalue weighted by molar-refractivity contribution is 5.57. The zero-order chi connectivity index (χ0) is 15.3. The average Bonchev–Trinajstić information content (AvgIpc) is 2.88. The first-order valence-corrected chi connectivity index (χ1v) is 8.43. The zero-order valence-electron chi connectivity index (χ0n) is 14.1. The minimum absolute atomic E-state index is 0.431. The second kappa shape index (κ2) is 7.10. The van der Waals surface area contributed by atoms with Crippen LogP contribution in [-0.4, -0.2) is 23.1 Å². The summed E-state index contributed by atoms with van der Waals surface area (Å²) in [5, 5.41) is 6.96. The van der Waals surface area contributed by atoms with E-state index in [1.807, 2.05) is 0 Å². The lowest BCUT2D eigenvalue weighted by molar-refractivity contribution is 0.361. The van der Waals surface area contributed by atoms with Gasteiger partial charge in [-0.15, -0.1) is 0 Å². The summed E-state index contributed by atoms with van der Waals surface area (Å²) in [6.07, 6.45) is 7.39. The van der Waals surface area contributed by atoms with Crippen molar-refractivity contribution in [2.45, 2.75) is 66.2 Å². The number of nitrogens with one attached hydrogen (secondary N) is 2. The highest BCUT2D eigenvalue weighted by Gasteiger charge is 2.28. The molecule has 21 heavy (non-hydrogen) atoms. The highest BCUT2D eigenvalue weighted by Crippen LogP contribution is 2.37. The molecule has 0 spiro atoms.